The molecule has 0 aliphatic heterocycles. The summed E-state index contributed by atoms with van der Waals surface area (Å²) in [4.78, 5) is 13.4. The van der Waals surface area contributed by atoms with Gasteiger partial charge in [-0.15, -0.1) is 0 Å². The minimum absolute atomic E-state index is 0.259. The van der Waals surface area contributed by atoms with Gasteiger partial charge in [-0.25, -0.2) is 4.79 Å². The van der Waals surface area contributed by atoms with Crippen LogP contribution in [-0.2, 0) is 9.53 Å². The van der Waals surface area contributed by atoms with Crippen molar-refractivity contribution in [3.05, 3.63) is 11.6 Å². The van der Waals surface area contributed by atoms with E-state index in [2.05, 4.69) is 42.9 Å². The van der Waals surface area contributed by atoms with Crippen LogP contribution in [0, 0.1) is 5.92 Å². The normalized spacial score (nSPS) is 14.1. The van der Waals surface area contributed by atoms with Crippen LogP contribution >= 0.6 is 0 Å². The fourth-order valence-corrected chi connectivity index (χ4v) is 1.86. The highest BCUT2D eigenvalue weighted by Crippen LogP contribution is 2.05. The first-order valence-corrected chi connectivity index (χ1v) is 6.50. The summed E-state index contributed by atoms with van der Waals surface area (Å²) >= 11 is 0. The lowest BCUT2D eigenvalue weighted by Gasteiger charge is -2.23. The van der Waals surface area contributed by atoms with E-state index >= 15 is 0 Å². The smallest absolute Gasteiger partial charge is 0.333 e. The average molecular weight is 256 g/mol. The molecule has 0 saturated heterocycles. The molecule has 0 rings (SSSR count). The van der Waals surface area contributed by atoms with Crippen molar-refractivity contribution in [1.29, 1.82) is 0 Å². The standard InChI is InChI=1S/C14H28N2O2/c1-11(2)9-13(10-16(4)5)15-8-7-12(3)14(17)18-6/h7,11,13,15H,8-10H2,1-6H3. The van der Waals surface area contributed by atoms with Crippen LogP contribution in [0.5, 0.6) is 0 Å². The Hall–Kier alpha value is -0.870. The number of nitrogens with one attached hydrogen (secondary N) is 1. The van der Waals surface area contributed by atoms with Gasteiger partial charge in [0.2, 0.25) is 0 Å². The molecule has 0 amide bonds. The fraction of sp³-hybridized carbons (Fsp3) is 0.786. The van der Waals surface area contributed by atoms with Crippen LogP contribution in [0.3, 0.4) is 0 Å². The van der Waals surface area contributed by atoms with Gasteiger partial charge in [0.25, 0.3) is 0 Å². The number of methoxy groups -OCH3 is 1. The van der Waals surface area contributed by atoms with Crippen LogP contribution < -0.4 is 5.32 Å². The van der Waals surface area contributed by atoms with E-state index in [4.69, 9.17) is 0 Å². The summed E-state index contributed by atoms with van der Waals surface area (Å²) in [6.45, 7) is 7.92. The maximum atomic E-state index is 11.2. The second kappa shape index (κ2) is 9.11. The molecular weight excluding hydrogens is 228 g/mol. The van der Waals surface area contributed by atoms with E-state index in [1.807, 2.05) is 6.08 Å². The number of carbonyl (C=O) groups excluding carboxylic acids is 1. The highest BCUT2D eigenvalue weighted by Gasteiger charge is 2.11. The number of rotatable bonds is 8. The minimum atomic E-state index is -0.259. The Morgan fingerprint density at radius 3 is 2.44 bits per heavy atom. The molecule has 0 spiro atoms. The molecule has 0 aromatic heterocycles. The second-order valence-electron chi connectivity index (χ2n) is 5.38. The van der Waals surface area contributed by atoms with Gasteiger partial charge in [0.15, 0.2) is 0 Å². The lowest BCUT2D eigenvalue weighted by Crippen LogP contribution is -2.39. The molecule has 1 N–H and O–H groups in total. The van der Waals surface area contributed by atoms with Gasteiger partial charge >= 0.3 is 5.97 Å². The van der Waals surface area contributed by atoms with Crippen LogP contribution in [0.15, 0.2) is 11.6 Å². The largest absolute Gasteiger partial charge is 0.466 e. The average Bonchev–Trinajstić information content (AvgIpc) is 2.25. The van der Waals surface area contributed by atoms with Crippen molar-refractivity contribution in [2.75, 3.05) is 34.3 Å². The van der Waals surface area contributed by atoms with Crippen molar-refractivity contribution >= 4 is 5.97 Å². The van der Waals surface area contributed by atoms with Crippen molar-refractivity contribution in [3.8, 4) is 0 Å². The molecule has 0 fully saturated rings. The molecule has 0 bridgehead atoms. The van der Waals surface area contributed by atoms with Gasteiger partial charge in [0.1, 0.15) is 0 Å². The molecule has 18 heavy (non-hydrogen) atoms. The number of likely N-dealkylation sites (N-methyl/N-ethyl adjacent to an activating group) is 1. The Labute approximate surface area is 111 Å². The van der Waals surface area contributed by atoms with Gasteiger partial charge in [-0.1, -0.05) is 19.9 Å². The maximum absolute atomic E-state index is 11.2. The Bertz CT molecular complexity index is 263. The van der Waals surface area contributed by atoms with Gasteiger partial charge in [0, 0.05) is 24.7 Å². The molecule has 1 unspecified atom stereocenters. The summed E-state index contributed by atoms with van der Waals surface area (Å²) in [5.41, 5.74) is 0.651. The SMILES string of the molecule is COC(=O)C(C)=CCNC(CC(C)C)CN(C)C. The van der Waals surface area contributed by atoms with Crippen LogP contribution in [0.2, 0.25) is 0 Å². The van der Waals surface area contributed by atoms with Crippen LogP contribution in [0.4, 0.5) is 0 Å². The van der Waals surface area contributed by atoms with Crippen LogP contribution in [-0.4, -0.2) is 51.2 Å². The van der Waals surface area contributed by atoms with Crippen molar-refractivity contribution in [3.63, 3.8) is 0 Å². The van der Waals surface area contributed by atoms with E-state index in [-0.39, 0.29) is 5.97 Å². The Balaban J connectivity index is 4.21. The van der Waals surface area contributed by atoms with Gasteiger partial charge < -0.3 is 15.0 Å². The number of ether oxygens (including phenoxy) is 1. The summed E-state index contributed by atoms with van der Waals surface area (Å²) in [7, 11) is 5.55. The van der Waals surface area contributed by atoms with Crippen molar-refractivity contribution in [2.45, 2.75) is 33.2 Å². The second-order valence-corrected chi connectivity index (χ2v) is 5.38. The number of hydrogen-bond donors (Lipinski definition) is 1. The summed E-state index contributed by atoms with van der Waals surface area (Å²) in [5, 5.41) is 3.47. The number of hydrogen-bond acceptors (Lipinski definition) is 4. The van der Waals surface area contributed by atoms with E-state index in [0.717, 1.165) is 13.0 Å². The van der Waals surface area contributed by atoms with Crippen molar-refractivity contribution in [1.82, 2.24) is 10.2 Å². The zero-order valence-corrected chi connectivity index (χ0v) is 12.6. The molecule has 4 nitrogen and oxygen atoms in total. The van der Waals surface area contributed by atoms with Gasteiger partial charge in [-0.05, 0) is 33.4 Å². The first-order chi connectivity index (χ1) is 8.36. The molecule has 0 aromatic rings. The highest BCUT2D eigenvalue weighted by atomic mass is 16.5. The molecule has 4 heteroatoms. The molecule has 0 saturated carbocycles. The summed E-state index contributed by atoms with van der Waals surface area (Å²) in [5.74, 6) is 0.401. The first-order valence-electron chi connectivity index (χ1n) is 6.50. The summed E-state index contributed by atoms with van der Waals surface area (Å²) in [6.07, 6.45) is 3.01. The third kappa shape index (κ3) is 8.25. The Morgan fingerprint density at radius 2 is 2.00 bits per heavy atom. The van der Waals surface area contributed by atoms with Gasteiger partial charge in [0.05, 0.1) is 7.11 Å². The molecule has 106 valence electrons. The number of esters is 1. The number of nitrogens with zero attached hydrogens (tertiary/aromatic N) is 1. The lowest BCUT2D eigenvalue weighted by atomic mass is 10.0. The maximum Gasteiger partial charge on any atom is 0.333 e. The fourth-order valence-electron chi connectivity index (χ4n) is 1.86. The van der Waals surface area contributed by atoms with E-state index in [1.54, 1.807) is 6.92 Å². The predicted molar refractivity (Wildman–Crippen MR) is 75.6 cm³/mol. The van der Waals surface area contributed by atoms with E-state index < -0.39 is 0 Å². The summed E-state index contributed by atoms with van der Waals surface area (Å²) in [6, 6.07) is 0.446. The first kappa shape index (κ1) is 17.1. The van der Waals surface area contributed by atoms with E-state index in [9.17, 15) is 4.79 Å². The van der Waals surface area contributed by atoms with Crippen molar-refractivity contribution < 1.29 is 9.53 Å². The molecular formula is C14H28N2O2. The minimum Gasteiger partial charge on any atom is -0.466 e. The third-order valence-corrected chi connectivity index (χ3v) is 2.66. The van der Waals surface area contributed by atoms with Crippen molar-refractivity contribution in [2.24, 2.45) is 5.92 Å². The Kier molecular flexibility index (Phi) is 8.67. The highest BCUT2D eigenvalue weighted by molar-refractivity contribution is 5.87. The predicted octanol–water partition coefficient (Wildman–Crippen LogP) is 1.67. The quantitative estimate of drug-likeness (QED) is 0.530. The number of carbonyl (C=O) groups is 1. The van der Waals surface area contributed by atoms with Gasteiger partial charge in [-0.3, -0.25) is 0 Å². The lowest BCUT2D eigenvalue weighted by molar-refractivity contribution is -0.136. The molecule has 0 heterocycles. The molecule has 0 radical (unpaired) electrons. The molecule has 1 atom stereocenters. The summed E-state index contributed by atoms with van der Waals surface area (Å²) < 4.78 is 4.66. The van der Waals surface area contributed by atoms with Crippen LogP contribution in [0.1, 0.15) is 27.2 Å². The van der Waals surface area contributed by atoms with E-state index in [0.29, 0.717) is 24.1 Å². The molecule has 0 aliphatic carbocycles. The van der Waals surface area contributed by atoms with Gasteiger partial charge in [-0.2, -0.15) is 0 Å². The van der Waals surface area contributed by atoms with E-state index in [1.165, 1.54) is 7.11 Å². The molecule has 0 aromatic carbocycles. The topological polar surface area (TPSA) is 41.6 Å². The molecule has 0 aliphatic rings. The van der Waals surface area contributed by atoms with Crippen LogP contribution in [0.25, 0.3) is 0 Å². The Morgan fingerprint density at radius 1 is 1.39 bits per heavy atom. The monoisotopic (exact) mass is 256 g/mol. The third-order valence-electron chi connectivity index (χ3n) is 2.66. The zero-order chi connectivity index (χ0) is 14.1. The zero-order valence-electron chi connectivity index (χ0n) is 12.6.